The molecule has 0 radical (unpaired) electrons. The number of para-hydroxylation sites is 2. The van der Waals surface area contributed by atoms with Crippen molar-refractivity contribution in [3.63, 3.8) is 0 Å². The van der Waals surface area contributed by atoms with E-state index in [1.807, 2.05) is 24.3 Å². The van der Waals surface area contributed by atoms with Gasteiger partial charge in [0.25, 0.3) is 5.91 Å². The Bertz CT molecular complexity index is 831. The lowest BCUT2D eigenvalue weighted by Gasteiger charge is -2.36. The molecule has 1 saturated heterocycles. The Morgan fingerprint density at radius 3 is 2.33 bits per heavy atom. The number of hydrogen-bond acceptors (Lipinski definition) is 3. The van der Waals surface area contributed by atoms with E-state index < -0.39 is 23.5 Å². The summed E-state index contributed by atoms with van der Waals surface area (Å²) in [4.78, 5) is 16.1. The Kier molecular flexibility index (Phi) is 5.25. The predicted octanol–water partition coefficient (Wildman–Crippen LogP) is 3.82. The van der Waals surface area contributed by atoms with Crippen molar-refractivity contribution < 1.29 is 27.1 Å². The smallest absolute Gasteiger partial charge is 0.419 e. The third-order valence-corrected chi connectivity index (χ3v) is 4.51. The second-order valence-corrected chi connectivity index (χ2v) is 6.14. The highest BCUT2D eigenvalue weighted by molar-refractivity contribution is 5.94. The highest BCUT2D eigenvalue weighted by Crippen LogP contribution is 2.32. The first-order valence-corrected chi connectivity index (χ1v) is 8.35. The molecule has 1 aliphatic rings. The largest absolute Gasteiger partial charge is 0.495 e. The fourth-order valence-corrected chi connectivity index (χ4v) is 3.10. The highest BCUT2D eigenvalue weighted by Gasteiger charge is 2.35. The first-order valence-electron chi connectivity index (χ1n) is 8.35. The lowest BCUT2D eigenvalue weighted by molar-refractivity contribution is -0.140. The molecule has 0 N–H and O–H groups in total. The van der Waals surface area contributed by atoms with Crippen molar-refractivity contribution in [2.75, 3.05) is 38.2 Å². The van der Waals surface area contributed by atoms with Gasteiger partial charge in [0.1, 0.15) is 11.6 Å². The van der Waals surface area contributed by atoms with Gasteiger partial charge in [0.05, 0.1) is 18.4 Å². The van der Waals surface area contributed by atoms with E-state index in [0.717, 1.165) is 11.8 Å². The van der Waals surface area contributed by atoms with E-state index in [4.69, 9.17) is 4.74 Å². The van der Waals surface area contributed by atoms with Gasteiger partial charge in [-0.3, -0.25) is 4.79 Å². The monoisotopic (exact) mass is 382 g/mol. The second kappa shape index (κ2) is 7.46. The first kappa shape index (κ1) is 19.0. The van der Waals surface area contributed by atoms with Crippen LogP contribution in [0.4, 0.5) is 23.2 Å². The fraction of sp³-hybridized carbons (Fsp3) is 0.316. The van der Waals surface area contributed by atoms with E-state index in [1.165, 1.54) is 4.90 Å². The van der Waals surface area contributed by atoms with Gasteiger partial charge in [0.15, 0.2) is 0 Å². The molecule has 1 aliphatic heterocycles. The molecule has 1 fully saturated rings. The van der Waals surface area contributed by atoms with Gasteiger partial charge in [-0.2, -0.15) is 13.2 Å². The molecule has 0 unspecified atom stereocenters. The molecule has 0 atom stereocenters. The Morgan fingerprint density at radius 1 is 1.04 bits per heavy atom. The summed E-state index contributed by atoms with van der Waals surface area (Å²) in [7, 11) is 1.57. The molecule has 8 heteroatoms. The molecule has 1 amide bonds. The van der Waals surface area contributed by atoms with Gasteiger partial charge in [0.2, 0.25) is 0 Å². The van der Waals surface area contributed by atoms with Gasteiger partial charge in [0, 0.05) is 31.7 Å². The van der Waals surface area contributed by atoms with Crippen LogP contribution >= 0.6 is 0 Å². The molecular formula is C19H18F4N2O2. The van der Waals surface area contributed by atoms with Crippen LogP contribution in [-0.2, 0) is 6.18 Å². The van der Waals surface area contributed by atoms with Crippen molar-refractivity contribution >= 4 is 11.6 Å². The average Bonchev–Trinajstić information content (AvgIpc) is 2.67. The molecule has 0 spiro atoms. The molecule has 27 heavy (non-hydrogen) atoms. The van der Waals surface area contributed by atoms with Crippen LogP contribution in [0.3, 0.4) is 0 Å². The number of nitrogens with zero attached hydrogens (tertiary/aromatic N) is 2. The molecule has 3 rings (SSSR count). The number of carbonyl (C=O) groups is 1. The maximum absolute atomic E-state index is 13.4. The maximum atomic E-state index is 13.4. The summed E-state index contributed by atoms with van der Waals surface area (Å²) in [5.74, 6) is -1.22. The summed E-state index contributed by atoms with van der Waals surface area (Å²) in [5.41, 5.74) is -0.705. The standard InChI is InChI=1S/C19H18F4N2O2/c1-27-17-5-3-2-4-16(17)24-8-10-25(11-9-24)18(26)13-6-7-15(20)14(12-13)19(21,22)23/h2-7,12H,8-11H2,1H3. The van der Waals surface area contributed by atoms with Crippen LogP contribution in [0.15, 0.2) is 42.5 Å². The van der Waals surface area contributed by atoms with Crippen LogP contribution in [0.5, 0.6) is 5.75 Å². The van der Waals surface area contributed by atoms with Crippen LogP contribution in [0.1, 0.15) is 15.9 Å². The summed E-state index contributed by atoms with van der Waals surface area (Å²) >= 11 is 0. The van der Waals surface area contributed by atoms with Gasteiger partial charge < -0.3 is 14.5 Å². The fourth-order valence-electron chi connectivity index (χ4n) is 3.10. The normalized spacial score (nSPS) is 15.0. The van der Waals surface area contributed by atoms with Crippen molar-refractivity contribution in [3.05, 3.63) is 59.4 Å². The predicted molar refractivity (Wildman–Crippen MR) is 92.5 cm³/mol. The van der Waals surface area contributed by atoms with Crippen LogP contribution in [0.2, 0.25) is 0 Å². The molecule has 0 bridgehead atoms. The first-order chi connectivity index (χ1) is 12.8. The zero-order chi connectivity index (χ0) is 19.6. The van der Waals surface area contributed by atoms with E-state index in [1.54, 1.807) is 7.11 Å². The number of anilines is 1. The van der Waals surface area contributed by atoms with E-state index in [2.05, 4.69) is 4.90 Å². The number of ether oxygens (including phenoxy) is 1. The molecule has 4 nitrogen and oxygen atoms in total. The highest BCUT2D eigenvalue weighted by atomic mass is 19.4. The van der Waals surface area contributed by atoms with Gasteiger partial charge in [-0.05, 0) is 30.3 Å². The second-order valence-electron chi connectivity index (χ2n) is 6.14. The van der Waals surface area contributed by atoms with Crippen molar-refractivity contribution in [3.8, 4) is 5.75 Å². The van der Waals surface area contributed by atoms with E-state index in [9.17, 15) is 22.4 Å². The zero-order valence-corrected chi connectivity index (χ0v) is 14.6. The summed E-state index contributed by atoms with van der Waals surface area (Å²) in [5, 5.41) is 0. The van der Waals surface area contributed by atoms with Crippen molar-refractivity contribution in [1.82, 2.24) is 4.90 Å². The minimum absolute atomic E-state index is 0.172. The minimum Gasteiger partial charge on any atom is -0.495 e. The van der Waals surface area contributed by atoms with Gasteiger partial charge in [-0.1, -0.05) is 12.1 Å². The Hall–Kier alpha value is -2.77. The Morgan fingerprint density at radius 2 is 1.70 bits per heavy atom. The summed E-state index contributed by atoms with van der Waals surface area (Å²) in [6.45, 7) is 1.71. The van der Waals surface area contributed by atoms with Gasteiger partial charge >= 0.3 is 6.18 Å². The van der Waals surface area contributed by atoms with Crippen LogP contribution in [0, 0.1) is 5.82 Å². The number of piperazine rings is 1. The molecule has 144 valence electrons. The van der Waals surface area contributed by atoms with Crippen molar-refractivity contribution in [2.24, 2.45) is 0 Å². The number of rotatable bonds is 3. The number of methoxy groups -OCH3 is 1. The third-order valence-electron chi connectivity index (χ3n) is 4.51. The van der Waals surface area contributed by atoms with E-state index in [-0.39, 0.29) is 5.56 Å². The van der Waals surface area contributed by atoms with E-state index in [0.29, 0.717) is 44.1 Å². The van der Waals surface area contributed by atoms with Crippen molar-refractivity contribution in [1.29, 1.82) is 0 Å². The number of benzene rings is 2. The quantitative estimate of drug-likeness (QED) is 0.757. The molecule has 1 heterocycles. The number of hydrogen-bond donors (Lipinski definition) is 0. The topological polar surface area (TPSA) is 32.8 Å². The summed E-state index contributed by atoms with van der Waals surface area (Å²) in [6, 6.07) is 9.82. The lowest BCUT2D eigenvalue weighted by atomic mass is 10.1. The zero-order valence-electron chi connectivity index (χ0n) is 14.6. The van der Waals surface area contributed by atoms with Gasteiger partial charge in [-0.15, -0.1) is 0 Å². The third kappa shape index (κ3) is 3.99. The number of alkyl halides is 3. The average molecular weight is 382 g/mol. The van der Waals surface area contributed by atoms with Crippen LogP contribution in [-0.4, -0.2) is 44.1 Å². The Labute approximate surface area is 153 Å². The Balaban J connectivity index is 1.72. The van der Waals surface area contributed by atoms with Crippen LogP contribution in [0.25, 0.3) is 0 Å². The SMILES string of the molecule is COc1ccccc1N1CCN(C(=O)c2ccc(F)c(C(F)(F)F)c2)CC1. The summed E-state index contributed by atoms with van der Waals surface area (Å²) in [6.07, 6.45) is -4.84. The van der Waals surface area contributed by atoms with Crippen LogP contribution < -0.4 is 9.64 Å². The number of carbonyl (C=O) groups excluding carboxylic acids is 1. The molecule has 0 aliphatic carbocycles. The maximum Gasteiger partial charge on any atom is 0.419 e. The lowest BCUT2D eigenvalue weighted by Crippen LogP contribution is -2.48. The number of amides is 1. The summed E-state index contributed by atoms with van der Waals surface area (Å²) < 4.78 is 57.3. The molecular weight excluding hydrogens is 364 g/mol. The molecule has 2 aromatic rings. The van der Waals surface area contributed by atoms with Gasteiger partial charge in [-0.25, -0.2) is 4.39 Å². The molecule has 0 aromatic heterocycles. The molecule has 2 aromatic carbocycles. The minimum atomic E-state index is -4.84. The van der Waals surface area contributed by atoms with Crippen molar-refractivity contribution in [2.45, 2.75) is 6.18 Å². The van der Waals surface area contributed by atoms with E-state index >= 15 is 0 Å². The molecule has 0 saturated carbocycles. The number of halogens is 4.